The van der Waals surface area contributed by atoms with Gasteiger partial charge >= 0.3 is 0 Å². The summed E-state index contributed by atoms with van der Waals surface area (Å²) in [6, 6.07) is 10.3. The SMILES string of the molecule is CCNc1ccccc1S(=O)(=O)Nc1cc(C)ccn1. The molecule has 2 rings (SSSR count). The summed E-state index contributed by atoms with van der Waals surface area (Å²) in [6.07, 6.45) is 1.57. The molecule has 0 saturated heterocycles. The lowest BCUT2D eigenvalue weighted by atomic mass is 10.3. The van der Waals surface area contributed by atoms with Gasteiger partial charge in [-0.2, -0.15) is 0 Å². The minimum absolute atomic E-state index is 0.213. The van der Waals surface area contributed by atoms with Crippen LogP contribution in [-0.4, -0.2) is 19.9 Å². The van der Waals surface area contributed by atoms with Crippen molar-refractivity contribution in [1.29, 1.82) is 0 Å². The van der Waals surface area contributed by atoms with E-state index in [1.807, 2.05) is 19.9 Å². The quantitative estimate of drug-likeness (QED) is 0.888. The molecule has 1 aromatic carbocycles. The maximum Gasteiger partial charge on any atom is 0.265 e. The summed E-state index contributed by atoms with van der Waals surface area (Å²) in [6.45, 7) is 4.44. The molecule has 0 bridgehead atoms. The van der Waals surface area contributed by atoms with Crippen molar-refractivity contribution in [1.82, 2.24) is 4.98 Å². The molecule has 20 heavy (non-hydrogen) atoms. The Hall–Kier alpha value is -2.08. The first-order valence-electron chi connectivity index (χ1n) is 6.31. The number of sulfonamides is 1. The van der Waals surface area contributed by atoms with Crippen LogP contribution in [0.3, 0.4) is 0 Å². The summed E-state index contributed by atoms with van der Waals surface area (Å²) < 4.78 is 27.3. The molecular weight excluding hydrogens is 274 g/mol. The highest BCUT2D eigenvalue weighted by Crippen LogP contribution is 2.22. The van der Waals surface area contributed by atoms with Gasteiger partial charge < -0.3 is 5.32 Å². The van der Waals surface area contributed by atoms with Gasteiger partial charge in [0.05, 0.1) is 5.69 Å². The van der Waals surface area contributed by atoms with E-state index < -0.39 is 10.0 Å². The zero-order valence-corrected chi connectivity index (χ0v) is 12.2. The summed E-state index contributed by atoms with van der Waals surface area (Å²) in [4.78, 5) is 4.23. The Kier molecular flexibility index (Phi) is 4.24. The Bertz CT molecular complexity index is 699. The van der Waals surface area contributed by atoms with Crippen molar-refractivity contribution >= 4 is 21.5 Å². The third-order valence-corrected chi connectivity index (χ3v) is 4.11. The molecule has 0 aliphatic carbocycles. The Morgan fingerprint density at radius 1 is 1.20 bits per heavy atom. The van der Waals surface area contributed by atoms with Crippen LogP contribution in [0, 0.1) is 6.92 Å². The predicted octanol–water partition coefficient (Wildman–Crippen LogP) is 2.62. The number of para-hydroxylation sites is 1. The molecule has 0 amide bonds. The standard InChI is InChI=1S/C14H17N3O2S/c1-3-15-12-6-4-5-7-13(12)20(18,19)17-14-10-11(2)8-9-16-14/h4-10,15H,3H2,1-2H3,(H,16,17). The van der Waals surface area contributed by atoms with E-state index in [0.717, 1.165) is 5.56 Å². The van der Waals surface area contributed by atoms with Gasteiger partial charge in [0.2, 0.25) is 0 Å². The first-order valence-corrected chi connectivity index (χ1v) is 7.79. The number of hydrogen-bond acceptors (Lipinski definition) is 4. The van der Waals surface area contributed by atoms with E-state index >= 15 is 0 Å². The lowest BCUT2D eigenvalue weighted by Crippen LogP contribution is -2.16. The van der Waals surface area contributed by atoms with Crippen LogP contribution in [0.15, 0.2) is 47.5 Å². The van der Waals surface area contributed by atoms with Crippen molar-refractivity contribution in [2.24, 2.45) is 0 Å². The number of benzene rings is 1. The van der Waals surface area contributed by atoms with Crippen LogP contribution in [-0.2, 0) is 10.0 Å². The minimum Gasteiger partial charge on any atom is -0.384 e. The van der Waals surface area contributed by atoms with Crippen LogP contribution in [0.5, 0.6) is 0 Å². The number of aryl methyl sites for hydroxylation is 1. The molecule has 0 radical (unpaired) electrons. The summed E-state index contributed by atoms with van der Waals surface area (Å²) >= 11 is 0. The third-order valence-electron chi connectivity index (χ3n) is 2.70. The molecule has 5 nitrogen and oxygen atoms in total. The van der Waals surface area contributed by atoms with Gasteiger partial charge in [-0.25, -0.2) is 13.4 Å². The molecule has 2 aromatic rings. The van der Waals surface area contributed by atoms with Gasteiger partial charge in [0.15, 0.2) is 0 Å². The summed E-state index contributed by atoms with van der Waals surface area (Å²) in [5.41, 5.74) is 1.52. The van der Waals surface area contributed by atoms with Gasteiger partial charge in [-0.3, -0.25) is 4.72 Å². The normalized spacial score (nSPS) is 11.1. The number of aromatic nitrogens is 1. The van der Waals surface area contributed by atoms with E-state index in [4.69, 9.17) is 0 Å². The molecule has 0 aliphatic heterocycles. The van der Waals surface area contributed by atoms with Crippen molar-refractivity contribution in [3.05, 3.63) is 48.2 Å². The Morgan fingerprint density at radius 2 is 1.95 bits per heavy atom. The van der Waals surface area contributed by atoms with Crippen LogP contribution in [0.1, 0.15) is 12.5 Å². The van der Waals surface area contributed by atoms with Crippen molar-refractivity contribution < 1.29 is 8.42 Å². The van der Waals surface area contributed by atoms with Crippen LogP contribution in [0.4, 0.5) is 11.5 Å². The van der Waals surface area contributed by atoms with Crippen LogP contribution in [0.25, 0.3) is 0 Å². The molecule has 2 N–H and O–H groups in total. The summed E-state index contributed by atoms with van der Waals surface area (Å²) in [7, 11) is -3.66. The van der Waals surface area contributed by atoms with Crippen molar-refractivity contribution in [3.63, 3.8) is 0 Å². The van der Waals surface area contributed by atoms with E-state index in [-0.39, 0.29) is 4.90 Å². The molecule has 106 valence electrons. The smallest absolute Gasteiger partial charge is 0.265 e. The second-order valence-electron chi connectivity index (χ2n) is 4.35. The van der Waals surface area contributed by atoms with E-state index in [2.05, 4.69) is 15.0 Å². The van der Waals surface area contributed by atoms with Crippen molar-refractivity contribution in [2.45, 2.75) is 18.7 Å². The molecule has 6 heteroatoms. The average molecular weight is 291 g/mol. The second kappa shape index (κ2) is 5.92. The molecule has 0 saturated carbocycles. The zero-order chi connectivity index (χ0) is 14.6. The highest BCUT2D eigenvalue weighted by Gasteiger charge is 2.18. The molecule has 1 heterocycles. The minimum atomic E-state index is -3.66. The van der Waals surface area contributed by atoms with Gasteiger partial charge in [-0.1, -0.05) is 12.1 Å². The number of hydrogen-bond donors (Lipinski definition) is 2. The highest BCUT2D eigenvalue weighted by atomic mass is 32.2. The van der Waals surface area contributed by atoms with E-state index in [1.165, 1.54) is 0 Å². The molecular formula is C14H17N3O2S. The van der Waals surface area contributed by atoms with Gasteiger partial charge in [0.1, 0.15) is 10.7 Å². The molecule has 0 aliphatic rings. The number of rotatable bonds is 5. The van der Waals surface area contributed by atoms with Gasteiger partial charge in [0.25, 0.3) is 10.0 Å². The topological polar surface area (TPSA) is 71.1 Å². The fourth-order valence-corrected chi connectivity index (χ4v) is 3.01. The third kappa shape index (κ3) is 3.27. The first kappa shape index (κ1) is 14.3. The van der Waals surface area contributed by atoms with Crippen LogP contribution in [0.2, 0.25) is 0 Å². The van der Waals surface area contributed by atoms with Crippen molar-refractivity contribution in [2.75, 3.05) is 16.6 Å². The molecule has 0 unspecified atom stereocenters. The number of nitrogens with one attached hydrogen (secondary N) is 2. The maximum absolute atomic E-state index is 12.4. The monoisotopic (exact) mass is 291 g/mol. The van der Waals surface area contributed by atoms with E-state index in [9.17, 15) is 8.42 Å². The predicted molar refractivity (Wildman–Crippen MR) is 80.4 cm³/mol. The lowest BCUT2D eigenvalue weighted by Gasteiger charge is -2.12. The molecule has 0 atom stereocenters. The van der Waals surface area contributed by atoms with E-state index in [1.54, 1.807) is 36.5 Å². The van der Waals surface area contributed by atoms with Crippen LogP contribution < -0.4 is 10.0 Å². The molecule has 1 aromatic heterocycles. The number of pyridine rings is 1. The maximum atomic E-state index is 12.4. The van der Waals surface area contributed by atoms with Crippen molar-refractivity contribution in [3.8, 4) is 0 Å². The number of anilines is 2. The fraction of sp³-hybridized carbons (Fsp3) is 0.214. The fourth-order valence-electron chi connectivity index (χ4n) is 1.82. The Labute approximate surface area is 119 Å². The molecule has 0 fully saturated rings. The average Bonchev–Trinajstić information content (AvgIpc) is 2.39. The largest absolute Gasteiger partial charge is 0.384 e. The molecule has 0 spiro atoms. The Morgan fingerprint density at radius 3 is 2.65 bits per heavy atom. The lowest BCUT2D eigenvalue weighted by molar-refractivity contribution is 0.601. The van der Waals surface area contributed by atoms with Crippen LogP contribution >= 0.6 is 0 Å². The second-order valence-corrected chi connectivity index (χ2v) is 6.00. The van der Waals surface area contributed by atoms with E-state index in [0.29, 0.717) is 18.1 Å². The summed E-state index contributed by atoms with van der Waals surface area (Å²) in [5, 5.41) is 3.04. The van der Waals surface area contributed by atoms with Gasteiger partial charge in [-0.15, -0.1) is 0 Å². The highest BCUT2D eigenvalue weighted by molar-refractivity contribution is 7.92. The number of nitrogens with zero attached hydrogens (tertiary/aromatic N) is 1. The summed E-state index contributed by atoms with van der Waals surface area (Å²) in [5.74, 6) is 0.316. The Balaban J connectivity index is 2.36. The first-order chi connectivity index (χ1) is 9.53. The van der Waals surface area contributed by atoms with Gasteiger partial charge in [-0.05, 0) is 43.7 Å². The van der Waals surface area contributed by atoms with Gasteiger partial charge in [0, 0.05) is 12.7 Å². The zero-order valence-electron chi connectivity index (χ0n) is 11.4.